The lowest BCUT2D eigenvalue weighted by Crippen LogP contribution is -2.11. The number of benzene rings is 23. The van der Waals surface area contributed by atoms with Crippen molar-refractivity contribution in [3.8, 4) is 123 Å². The fraction of sp³-hybridized carbons (Fsp3) is 0. The van der Waals surface area contributed by atoms with Crippen LogP contribution in [0.25, 0.3) is 232 Å². The first kappa shape index (κ1) is 81.0. The molecule has 4 aromatic heterocycles. The molecule has 140 heavy (non-hydrogen) atoms. The molecule has 27 rings (SSSR count). The Bertz CT molecular complexity index is 9490. The highest BCUT2D eigenvalue weighted by molar-refractivity contribution is 6.19. The molecule has 0 fully saturated rings. The van der Waals surface area contributed by atoms with Gasteiger partial charge >= 0.3 is 0 Å². The standard InChI is InChI=1S/C134H86N4O2/c1-4-28-87(29-5-1)94-36-22-37-95(78-94)88-60-69-104(70-61-88)135(105-71-62-89(63-72-105)96-38-23-40-108(80-96)137-126-54-19-12-42-112(126)113-43-13-20-55-127(113)137)125-53-18-15-45-115(125)117-49-26-51-119-123-84-101-58-59-102(79-103(101)86-131(123)140-134(117)119)111-47-27-57-129-132(111)120-46-16-21-56-128(120)138(129)109-41-24-39-97(81-109)90-64-73-106(74-65-90)136(107-75-66-91(67-76-107)100-68-77-110(92-30-6-2-7-31-92)121(82-100)93-32-8-3-9-33-93)124-52-17-14-44-114(124)116-48-25-50-118-122-83-98-34-10-11-35-99(98)85-130(122)139-133(116)118/h1-86H. The second kappa shape index (κ2) is 33.8. The summed E-state index contributed by atoms with van der Waals surface area (Å²) in [5.41, 5.74) is 38.9. The Kier molecular flexibility index (Phi) is 19.5. The molecule has 0 saturated heterocycles. The van der Waals surface area contributed by atoms with Crippen LogP contribution in [0.1, 0.15) is 0 Å². The summed E-state index contributed by atoms with van der Waals surface area (Å²) in [6.45, 7) is 0. The first-order chi connectivity index (χ1) is 69.4. The Balaban J connectivity index is 0.525. The maximum Gasteiger partial charge on any atom is 0.143 e. The van der Waals surface area contributed by atoms with Crippen LogP contribution >= 0.6 is 0 Å². The summed E-state index contributed by atoms with van der Waals surface area (Å²) in [6.07, 6.45) is 0. The van der Waals surface area contributed by atoms with Crippen LogP contribution in [0, 0.1) is 0 Å². The third-order valence-electron chi connectivity index (χ3n) is 28.5. The van der Waals surface area contributed by atoms with Crippen LogP contribution < -0.4 is 9.80 Å². The number of fused-ring (bicyclic) bond motifs is 14. The number of aromatic nitrogens is 2. The third-order valence-corrected chi connectivity index (χ3v) is 28.5. The van der Waals surface area contributed by atoms with Crippen molar-refractivity contribution in [3.05, 3.63) is 522 Å². The van der Waals surface area contributed by atoms with Crippen molar-refractivity contribution in [3.63, 3.8) is 0 Å². The van der Waals surface area contributed by atoms with Crippen molar-refractivity contribution >= 4 is 143 Å². The number of hydrogen-bond donors (Lipinski definition) is 0. The molecule has 6 nitrogen and oxygen atoms in total. The average Bonchev–Trinajstić information content (AvgIpc) is 1.57. The van der Waals surface area contributed by atoms with Crippen LogP contribution in [0.15, 0.2) is 531 Å². The van der Waals surface area contributed by atoms with E-state index in [9.17, 15) is 0 Å². The van der Waals surface area contributed by atoms with Gasteiger partial charge in [-0.1, -0.05) is 370 Å². The molecule has 6 heteroatoms. The minimum Gasteiger partial charge on any atom is -0.455 e. The normalized spacial score (nSPS) is 11.7. The fourth-order valence-electron chi connectivity index (χ4n) is 21.8. The Labute approximate surface area is 809 Å². The topological polar surface area (TPSA) is 42.6 Å². The van der Waals surface area contributed by atoms with Crippen LogP contribution in [0.2, 0.25) is 0 Å². The highest BCUT2D eigenvalue weighted by Crippen LogP contribution is 2.51. The van der Waals surface area contributed by atoms with E-state index in [0.29, 0.717) is 0 Å². The van der Waals surface area contributed by atoms with Gasteiger partial charge in [-0.15, -0.1) is 0 Å². The molecule has 0 bridgehead atoms. The molecule has 0 saturated carbocycles. The highest BCUT2D eigenvalue weighted by Gasteiger charge is 2.27. The van der Waals surface area contributed by atoms with Gasteiger partial charge in [-0.25, -0.2) is 0 Å². The number of anilines is 6. The van der Waals surface area contributed by atoms with Crippen molar-refractivity contribution < 1.29 is 8.83 Å². The average molecular weight is 1780 g/mol. The van der Waals surface area contributed by atoms with E-state index in [-0.39, 0.29) is 0 Å². The van der Waals surface area contributed by atoms with Gasteiger partial charge in [0.2, 0.25) is 0 Å². The molecule has 0 spiro atoms. The van der Waals surface area contributed by atoms with E-state index in [4.69, 9.17) is 8.83 Å². The highest BCUT2D eigenvalue weighted by atomic mass is 16.3. The van der Waals surface area contributed by atoms with Crippen molar-refractivity contribution in [1.29, 1.82) is 0 Å². The van der Waals surface area contributed by atoms with E-state index in [1.54, 1.807) is 0 Å². The van der Waals surface area contributed by atoms with E-state index < -0.39 is 0 Å². The lowest BCUT2D eigenvalue weighted by Gasteiger charge is -2.28. The van der Waals surface area contributed by atoms with Gasteiger partial charge in [0.05, 0.1) is 33.4 Å². The fourth-order valence-corrected chi connectivity index (χ4v) is 21.8. The van der Waals surface area contributed by atoms with Crippen molar-refractivity contribution in [2.75, 3.05) is 9.80 Å². The SMILES string of the molecule is c1ccc(-c2cccc(-c3ccc(N(c4ccc(-c5cccc(-n6c7ccccc7c7ccccc76)c5)cc4)c4ccccc4-c4cccc5c4oc4cc6cc(-c7cccc8c7c7ccccc7n8-c7cccc(-c8ccc(N(c9ccc(-c%10ccc(-c%11ccccc%11)c(-c%11ccccc%11)c%10)cc9)c9ccccc9-c9cccc%10c9oc9cc%11ccccc%11cc9%10)cc8)c7)ccc6cc45)cc3)c2)cc1. The third kappa shape index (κ3) is 14.0. The molecule has 4 heterocycles. The number of furan rings is 2. The van der Waals surface area contributed by atoms with E-state index in [2.05, 4.69) is 541 Å². The summed E-state index contributed by atoms with van der Waals surface area (Å²) >= 11 is 0. The van der Waals surface area contributed by atoms with E-state index in [1.165, 1.54) is 71.3 Å². The lowest BCUT2D eigenvalue weighted by atomic mass is 9.91. The predicted octanol–water partition coefficient (Wildman–Crippen LogP) is 37.6. The van der Waals surface area contributed by atoms with Crippen LogP contribution in [0.5, 0.6) is 0 Å². The van der Waals surface area contributed by atoms with Gasteiger partial charge in [-0.3, -0.25) is 0 Å². The number of hydrogen-bond acceptors (Lipinski definition) is 4. The monoisotopic (exact) mass is 1780 g/mol. The summed E-state index contributed by atoms with van der Waals surface area (Å²) in [5.74, 6) is 0. The smallest absolute Gasteiger partial charge is 0.143 e. The van der Waals surface area contributed by atoms with Gasteiger partial charge < -0.3 is 27.8 Å². The minimum atomic E-state index is 0.829. The maximum absolute atomic E-state index is 7.33. The molecule has 0 aliphatic carbocycles. The zero-order chi connectivity index (χ0) is 92.2. The van der Waals surface area contributed by atoms with E-state index >= 15 is 0 Å². The van der Waals surface area contributed by atoms with Gasteiger partial charge in [0.1, 0.15) is 22.3 Å². The Hall–Kier alpha value is -18.6. The summed E-state index contributed by atoms with van der Waals surface area (Å²) < 4.78 is 19.2. The van der Waals surface area contributed by atoms with Crippen LogP contribution in [-0.2, 0) is 0 Å². The van der Waals surface area contributed by atoms with E-state index in [0.717, 1.165) is 194 Å². The van der Waals surface area contributed by atoms with Crippen LogP contribution in [0.3, 0.4) is 0 Å². The van der Waals surface area contributed by atoms with E-state index in [1.807, 2.05) is 0 Å². The number of para-hydroxylation sites is 7. The van der Waals surface area contributed by atoms with Crippen molar-refractivity contribution in [1.82, 2.24) is 9.13 Å². The first-order valence-corrected chi connectivity index (χ1v) is 48.0. The van der Waals surface area contributed by atoms with Crippen LogP contribution in [0.4, 0.5) is 34.1 Å². The predicted molar refractivity (Wildman–Crippen MR) is 588 cm³/mol. The van der Waals surface area contributed by atoms with Crippen LogP contribution in [-0.4, -0.2) is 9.13 Å². The minimum absolute atomic E-state index is 0.829. The summed E-state index contributed by atoms with van der Waals surface area (Å²) in [7, 11) is 0. The second-order valence-electron chi connectivity index (χ2n) is 36.5. The van der Waals surface area contributed by atoms with Crippen molar-refractivity contribution in [2.24, 2.45) is 0 Å². The molecule has 0 aliphatic heterocycles. The Morgan fingerprint density at radius 2 is 0.486 bits per heavy atom. The molecule has 0 atom stereocenters. The molecule has 0 radical (unpaired) electrons. The number of nitrogens with zero attached hydrogens (tertiary/aromatic N) is 4. The summed E-state index contributed by atoms with van der Waals surface area (Å²) in [6, 6.07) is 190. The van der Waals surface area contributed by atoms with Crippen molar-refractivity contribution in [2.45, 2.75) is 0 Å². The molecule has 0 amide bonds. The van der Waals surface area contributed by atoms with Gasteiger partial charge in [0, 0.05) is 99.5 Å². The lowest BCUT2D eigenvalue weighted by molar-refractivity contribution is 0.670. The molecule has 23 aromatic carbocycles. The Morgan fingerprint density at radius 1 is 0.157 bits per heavy atom. The van der Waals surface area contributed by atoms with Gasteiger partial charge in [0.15, 0.2) is 0 Å². The zero-order valence-corrected chi connectivity index (χ0v) is 76.3. The molecular weight excluding hydrogens is 1700 g/mol. The largest absolute Gasteiger partial charge is 0.455 e. The summed E-state index contributed by atoms with van der Waals surface area (Å²) in [4.78, 5) is 4.81. The number of rotatable bonds is 18. The molecule has 27 aromatic rings. The van der Waals surface area contributed by atoms with Gasteiger partial charge in [0.25, 0.3) is 0 Å². The second-order valence-corrected chi connectivity index (χ2v) is 36.5. The quantitative estimate of drug-likeness (QED) is 0.0859. The zero-order valence-electron chi connectivity index (χ0n) is 76.3. The first-order valence-electron chi connectivity index (χ1n) is 48.0. The maximum atomic E-state index is 7.33. The molecule has 0 N–H and O–H groups in total. The molecular formula is C134H86N4O2. The molecule has 654 valence electrons. The Morgan fingerprint density at radius 3 is 1.00 bits per heavy atom. The molecule has 0 unspecified atom stereocenters. The van der Waals surface area contributed by atoms with Gasteiger partial charge in [-0.2, -0.15) is 0 Å². The van der Waals surface area contributed by atoms with Gasteiger partial charge in [-0.05, 0) is 262 Å². The summed E-state index contributed by atoms with van der Waals surface area (Å²) in [5, 5.41) is 13.7. The molecule has 0 aliphatic rings.